The molecule has 3 rings (SSSR count). The van der Waals surface area contributed by atoms with Crippen LogP contribution in [0.25, 0.3) is 0 Å². The van der Waals surface area contributed by atoms with Gasteiger partial charge >= 0.3 is 0 Å². The van der Waals surface area contributed by atoms with Crippen molar-refractivity contribution in [1.29, 1.82) is 0 Å². The maximum atomic E-state index is 12.4. The van der Waals surface area contributed by atoms with E-state index in [0.717, 1.165) is 52.2 Å². The Kier molecular flexibility index (Phi) is 4.26. The standard InChI is InChI=1S/C16H28N2O3/c1-20-9-8-17-7-6-15(11-17)12-18(13-15)14(19)10-16(21-2)4-3-5-16/h3-13H2,1-2H3. The van der Waals surface area contributed by atoms with Gasteiger partial charge in [-0.3, -0.25) is 4.79 Å². The maximum Gasteiger partial charge on any atom is 0.225 e. The zero-order chi connectivity index (χ0) is 14.9. The molecule has 2 heterocycles. The maximum absolute atomic E-state index is 12.4. The SMILES string of the molecule is COCCN1CCC2(C1)CN(C(=O)CC1(OC)CCC1)C2. The minimum atomic E-state index is -0.139. The van der Waals surface area contributed by atoms with E-state index in [9.17, 15) is 4.79 Å². The molecule has 0 unspecified atom stereocenters. The largest absolute Gasteiger partial charge is 0.383 e. The minimum absolute atomic E-state index is 0.139. The van der Waals surface area contributed by atoms with Gasteiger partial charge in [0, 0.05) is 45.8 Å². The number of hydrogen-bond acceptors (Lipinski definition) is 4. The highest BCUT2D eigenvalue weighted by atomic mass is 16.5. The van der Waals surface area contributed by atoms with Crippen LogP contribution in [0.4, 0.5) is 0 Å². The molecule has 0 aromatic carbocycles. The van der Waals surface area contributed by atoms with E-state index in [2.05, 4.69) is 4.90 Å². The lowest BCUT2D eigenvalue weighted by Gasteiger charge is -2.50. The Balaban J connectivity index is 1.44. The molecule has 1 aliphatic carbocycles. The quantitative estimate of drug-likeness (QED) is 0.737. The van der Waals surface area contributed by atoms with Crippen LogP contribution in [0, 0.1) is 5.41 Å². The summed E-state index contributed by atoms with van der Waals surface area (Å²) in [6, 6.07) is 0. The van der Waals surface area contributed by atoms with Crippen molar-refractivity contribution >= 4 is 5.91 Å². The molecule has 120 valence electrons. The van der Waals surface area contributed by atoms with Gasteiger partial charge in [0.1, 0.15) is 0 Å². The fourth-order valence-electron chi connectivity index (χ4n) is 4.05. The van der Waals surface area contributed by atoms with Gasteiger partial charge in [-0.1, -0.05) is 0 Å². The number of carbonyl (C=O) groups excluding carboxylic acids is 1. The molecule has 1 amide bonds. The zero-order valence-electron chi connectivity index (χ0n) is 13.4. The van der Waals surface area contributed by atoms with Gasteiger partial charge in [-0.15, -0.1) is 0 Å². The van der Waals surface area contributed by atoms with Gasteiger partial charge in [0.15, 0.2) is 0 Å². The molecule has 0 radical (unpaired) electrons. The molecule has 2 saturated heterocycles. The van der Waals surface area contributed by atoms with Gasteiger partial charge < -0.3 is 19.3 Å². The topological polar surface area (TPSA) is 42.0 Å². The van der Waals surface area contributed by atoms with Crippen LogP contribution >= 0.6 is 0 Å². The van der Waals surface area contributed by atoms with E-state index in [-0.39, 0.29) is 11.5 Å². The first-order valence-electron chi connectivity index (χ1n) is 8.15. The lowest BCUT2D eigenvalue weighted by atomic mass is 9.75. The van der Waals surface area contributed by atoms with Gasteiger partial charge in [0.05, 0.1) is 18.6 Å². The minimum Gasteiger partial charge on any atom is -0.383 e. The first kappa shape index (κ1) is 15.3. The van der Waals surface area contributed by atoms with Crippen LogP contribution in [0.15, 0.2) is 0 Å². The number of methoxy groups -OCH3 is 2. The Labute approximate surface area is 127 Å². The summed E-state index contributed by atoms with van der Waals surface area (Å²) in [5, 5.41) is 0. The highest BCUT2D eigenvalue weighted by Gasteiger charge is 2.50. The third-order valence-corrected chi connectivity index (χ3v) is 5.71. The average Bonchev–Trinajstić information content (AvgIpc) is 2.83. The van der Waals surface area contributed by atoms with Crippen molar-refractivity contribution in [3.63, 3.8) is 0 Å². The monoisotopic (exact) mass is 296 g/mol. The number of amides is 1. The van der Waals surface area contributed by atoms with Crippen molar-refractivity contribution < 1.29 is 14.3 Å². The van der Waals surface area contributed by atoms with Crippen LogP contribution in [0.1, 0.15) is 32.1 Å². The fourth-order valence-corrected chi connectivity index (χ4v) is 4.05. The van der Waals surface area contributed by atoms with E-state index < -0.39 is 0 Å². The van der Waals surface area contributed by atoms with Crippen molar-refractivity contribution in [2.45, 2.75) is 37.7 Å². The van der Waals surface area contributed by atoms with Crippen LogP contribution in [-0.2, 0) is 14.3 Å². The Hall–Kier alpha value is -0.650. The Morgan fingerprint density at radius 3 is 2.48 bits per heavy atom. The summed E-state index contributed by atoms with van der Waals surface area (Å²) in [4.78, 5) is 16.9. The summed E-state index contributed by atoms with van der Waals surface area (Å²) >= 11 is 0. The summed E-state index contributed by atoms with van der Waals surface area (Å²) < 4.78 is 10.7. The number of hydrogen-bond donors (Lipinski definition) is 0. The van der Waals surface area contributed by atoms with Crippen LogP contribution in [-0.4, -0.2) is 74.9 Å². The molecule has 0 N–H and O–H groups in total. The second-order valence-corrected chi connectivity index (χ2v) is 7.19. The van der Waals surface area contributed by atoms with Gasteiger partial charge in [-0.05, 0) is 32.2 Å². The predicted octanol–water partition coefficient (Wildman–Crippen LogP) is 1.13. The summed E-state index contributed by atoms with van der Waals surface area (Å²) in [6.07, 6.45) is 5.07. The number of nitrogens with zero attached hydrogens (tertiary/aromatic N) is 2. The number of likely N-dealkylation sites (tertiary alicyclic amines) is 2. The van der Waals surface area contributed by atoms with Crippen LogP contribution < -0.4 is 0 Å². The summed E-state index contributed by atoms with van der Waals surface area (Å²) in [5.74, 6) is 0.289. The third kappa shape index (κ3) is 2.96. The van der Waals surface area contributed by atoms with E-state index in [0.29, 0.717) is 11.8 Å². The Morgan fingerprint density at radius 2 is 1.90 bits per heavy atom. The molecular formula is C16H28N2O3. The summed E-state index contributed by atoms with van der Waals surface area (Å²) in [5.41, 5.74) is 0.225. The lowest BCUT2D eigenvalue weighted by molar-refractivity contribution is -0.154. The number of carbonyl (C=O) groups is 1. The molecule has 3 aliphatic rings. The lowest BCUT2D eigenvalue weighted by Crippen LogP contribution is -2.60. The molecule has 0 atom stereocenters. The molecule has 5 heteroatoms. The van der Waals surface area contributed by atoms with E-state index in [4.69, 9.17) is 9.47 Å². The van der Waals surface area contributed by atoms with Crippen molar-refractivity contribution in [3.05, 3.63) is 0 Å². The number of ether oxygens (including phenoxy) is 2. The van der Waals surface area contributed by atoms with Crippen molar-refractivity contribution in [3.8, 4) is 0 Å². The summed E-state index contributed by atoms with van der Waals surface area (Å²) in [7, 11) is 3.50. The first-order chi connectivity index (χ1) is 10.1. The average molecular weight is 296 g/mol. The molecule has 1 spiro atoms. The first-order valence-corrected chi connectivity index (χ1v) is 8.15. The van der Waals surface area contributed by atoms with Gasteiger partial charge in [0.2, 0.25) is 5.91 Å². The van der Waals surface area contributed by atoms with Crippen molar-refractivity contribution in [1.82, 2.24) is 9.80 Å². The number of rotatable bonds is 6. The van der Waals surface area contributed by atoms with Crippen LogP contribution in [0.3, 0.4) is 0 Å². The van der Waals surface area contributed by atoms with Gasteiger partial charge in [-0.25, -0.2) is 0 Å². The highest BCUT2D eigenvalue weighted by Crippen LogP contribution is 2.42. The molecule has 3 fully saturated rings. The highest BCUT2D eigenvalue weighted by molar-refractivity contribution is 5.78. The summed E-state index contributed by atoms with van der Waals surface area (Å²) in [6.45, 7) is 5.96. The van der Waals surface area contributed by atoms with Gasteiger partial charge in [-0.2, -0.15) is 0 Å². The molecule has 21 heavy (non-hydrogen) atoms. The van der Waals surface area contributed by atoms with E-state index in [1.54, 1.807) is 14.2 Å². The molecule has 2 aliphatic heterocycles. The predicted molar refractivity (Wildman–Crippen MR) is 80.2 cm³/mol. The van der Waals surface area contributed by atoms with Crippen molar-refractivity contribution in [2.24, 2.45) is 5.41 Å². The zero-order valence-corrected chi connectivity index (χ0v) is 13.4. The van der Waals surface area contributed by atoms with E-state index in [1.807, 2.05) is 4.90 Å². The van der Waals surface area contributed by atoms with Gasteiger partial charge in [0.25, 0.3) is 0 Å². The smallest absolute Gasteiger partial charge is 0.225 e. The normalized spacial score (nSPS) is 26.7. The van der Waals surface area contributed by atoms with E-state index >= 15 is 0 Å². The molecule has 0 bridgehead atoms. The molecule has 1 saturated carbocycles. The second kappa shape index (κ2) is 5.86. The molecular weight excluding hydrogens is 268 g/mol. The molecule has 0 aromatic heterocycles. The fraction of sp³-hybridized carbons (Fsp3) is 0.938. The Bertz CT molecular complexity index is 383. The molecule has 5 nitrogen and oxygen atoms in total. The van der Waals surface area contributed by atoms with E-state index in [1.165, 1.54) is 12.8 Å². The van der Waals surface area contributed by atoms with Crippen LogP contribution in [0.2, 0.25) is 0 Å². The Morgan fingerprint density at radius 1 is 1.14 bits per heavy atom. The van der Waals surface area contributed by atoms with Crippen molar-refractivity contribution in [2.75, 3.05) is 53.6 Å². The second-order valence-electron chi connectivity index (χ2n) is 7.19. The van der Waals surface area contributed by atoms with Crippen LogP contribution in [0.5, 0.6) is 0 Å². The third-order valence-electron chi connectivity index (χ3n) is 5.71. The molecule has 0 aromatic rings.